The fourth-order valence-electron chi connectivity index (χ4n) is 1.29. The van der Waals surface area contributed by atoms with Crippen molar-refractivity contribution in [2.45, 2.75) is 6.42 Å². The van der Waals surface area contributed by atoms with E-state index in [0.29, 0.717) is 6.54 Å². The summed E-state index contributed by atoms with van der Waals surface area (Å²) in [5, 5.41) is 2.44. The summed E-state index contributed by atoms with van der Waals surface area (Å²) in [5.41, 5.74) is 1.15. The fraction of sp³-hybridized carbons (Fsp3) is 0.455. The number of carbonyl (C=O) groups is 2. The molecule has 6 heteroatoms. The van der Waals surface area contributed by atoms with Crippen LogP contribution < -0.4 is 5.32 Å². The van der Waals surface area contributed by atoms with Gasteiger partial charge in [-0.05, 0) is 18.1 Å². The quantitative estimate of drug-likeness (QED) is 0.724. The normalized spacial score (nSPS) is 10.0. The average molecular weight is 258 g/mol. The molecule has 0 saturated carbocycles. The molecule has 1 aromatic heterocycles. The smallest absolute Gasteiger partial charge is 0.241 e. The summed E-state index contributed by atoms with van der Waals surface area (Å²) >= 11 is 5.30. The van der Waals surface area contributed by atoms with Crippen molar-refractivity contribution in [3.05, 3.63) is 24.0 Å². The molecule has 0 aliphatic heterocycles. The van der Waals surface area contributed by atoms with Gasteiger partial charge in [-0.3, -0.25) is 9.59 Å². The van der Waals surface area contributed by atoms with E-state index in [2.05, 4.69) is 10.3 Å². The number of amides is 2. The Hall–Kier alpha value is -1.49. The largest absolute Gasteiger partial charge is 0.367 e. The molecule has 0 unspecified atom stereocenters. The predicted molar refractivity (Wildman–Crippen MR) is 65.9 cm³/mol. The highest BCUT2D eigenvalue weighted by molar-refractivity contribution is 6.27. The second-order valence-corrected chi connectivity index (χ2v) is 3.96. The third-order valence-corrected chi connectivity index (χ3v) is 2.62. The van der Waals surface area contributed by atoms with E-state index in [1.165, 1.54) is 0 Å². The van der Waals surface area contributed by atoms with Gasteiger partial charge in [-0.2, -0.15) is 0 Å². The van der Waals surface area contributed by atoms with Gasteiger partial charge >= 0.3 is 0 Å². The molecule has 0 aromatic carbocycles. The molecule has 1 rings (SSSR count). The van der Waals surface area contributed by atoms with Crippen LogP contribution in [-0.4, -0.2) is 47.7 Å². The zero-order valence-corrected chi connectivity index (χ0v) is 10.5. The van der Waals surface area contributed by atoms with Crippen LogP contribution in [0.4, 0.5) is 0 Å². The number of alkyl halides is 1. The lowest BCUT2D eigenvalue weighted by Crippen LogP contribution is -2.39. The average Bonchev–Trinajstić information content (AvgIpc) is 2.85. The molecule has 2 N–H and O–H groups in total. The van der Waals surface area contributed by atoms with Crippen LogP contribution >= 0.6 is 11.6 Å². The van der Waals surface area contributed by atoms with E-state index in [9.17, 15) is 9.59 Å². The van der Waals surface area contributed by atoms with Crippen molar-refractivity contribution in [1.82, 2.24) is 15.2 Å². The Morgan fingerprint density at radius 2 is 2.29 bits per heavy atom. The lowest BCUT2D eigenvalue weighted by Gasteiger charge is -2.16. The Morgan fingerprint density at radius 1 is 1.53 bits per heavy atom. The molecule has 0 atom stereocenters. The molecule has 0 bridgehead atoms. The Bertz CT molecular complexity index is 365. The Balaban J connectivity index is 2.24. The number of hydrogen-bond donors (Lipinski definition) is 2. The summed E-state index contributed by atoms with van der Waals surface area (Å²) in [7, 11) is 1.71. The third kappa shape index (κ3) is 4.91. The minimum atomic E-state index is -0.334. The van der Waals surface area contributed by atoms with E-state index in [4.69, 9.17) is 11.6 Å². The number of H-pyrrole nitrogens is 1. The molecule has 5 nitrogen and oxygen atoms in total. The SMILES string of the molecule is CN(CCc1cc[nH]c1)C(=O)CNC(=O)CCl. The first kappa shape index (κ1) is 13.6. The van der Waals surface area contributed by atoms with Gasteiger partial charge in [0.2, 0.25) is 11.8 Å². The van der Waals surface area contributed by atoms with Crippen LogP contribution in [0.5, 0.6) is 0 Å². The van der Waals surface area contributed by atoms with Gasteiger partial charge in [0.1, 0.15) is 5.88 Å². The van der Waals surface area contributed by atoms with E-state index in [1.807, 2.05) is 18.5 Å². The van der Waals surface area contributed by atoms with Gasteiger partial charge in [-0.1, -0.05) is 0 Å². The van der Waals surface area contributed by atoms with E-state index >= 15 is 0 Å². The van der Waals surface area contributed by atoms with Gasteiger partial charge in [0, 0.05) is 26.0 Å². The van der Waals surface area contributed by atoms with Crippen molar-refractivity contribution < 1.29 is 9.59 Å². The number of hydrogen-bond acceptors (Lipinski definition) is 2. The lowest BCUT2D eigenvalue weighted by molar-refractivity contribution is -0.131. The molecule has 0 aliphatic rings. The summed E-state index contributed by atoms with van der Waals surface area (Å²) in [6.07, 6.45) is 4.53. The molecule has 94 valence electrons. The summed E-state index contributed by atoms with van der Waals surface area (Å²) in [4.78, 5) is 27.0. The summed E-state index contributed by atoms with van der Waals surface area (Å²) in [6.45, 7) is 0.614. The molecule has 0 fully saturated rings. The topological polar surface area (TPSA) is 65.2 Å². The van der Waals surface area contributed by atoms with Crippen molar-refractivity contribution in [1.29, 1.82) is 0 Å². The lowest BCUT2D eigenvalue weighted by atomic mass is 10.2. The first-order valence-electron chi connectivity index (χ1n) is 5.31. The van der Waals surface area contributed by atoms with E-state index in [-0.39, 0.29) is 24.2 Å². The van der Waals surface area contributed by atoms with Crippen LogP contribution in [-0.2, 0) is 16.0 Å². The third-order valence-electron chi connectivity index (χ3n) is 2.38. The maximum Gasteiger partial charge on any atom is 0.241 e. The number of nitrogens with zero attached hydrogens (tertiary/aromatic N) is 1. The Labute approximate surface area is 105 Å². The van der Waals surface area contributed by atoms with Crippen LogP contribution in [0.1, 0.15) is 5.56 Å². The van der Waals surface area contributed by atoms with Gasteiger partial charge in [0.05, 0.1) is 6.54 Å². The van der Waals surface area contributed by atoms with Crippen molar-refractivity contribution in [3.63, 3.8) is 0 Å². The van der Waals surface area contributed by atoms with E-state index < -0.39 is 0 Å². The number of halogens is 1. The van der Waals surface area contributed by atoms with Crippen molar-refractivity contribution >= 4 is 23.4 Å². The zero-order valence-electron chi connectivity index (χ0n) is 9.70. The highest BCUT2D eigenvalue weighted by Crippen LogP contribution is 1.99. The molecule has 0 spiro atoms. The van der Waals surface area contributed by atoms with Gasteiger partial charge in [0.15, 0.2) is 0 Å². The molecule has 17 heavy (non-hydrogen) atoms. The van der Waals surface area contributed by atoms with Crippen LogP contribution in [0.15, 0.2) is 18.5 Å². The van der Waals surface area contributed by atoms with Crippen LogP contribution in [0.3, 0.4) is 0 Å². The summed E-state index contributed by atoms with van der Waals surface area (Å²) < 4.78 is 0. The molecular weight excluding hydrogens is 242 g/mol. The fourth-order valence-corrected chi connectivity index (χ4v) is 1.39. The zero-order chi connectivity index (χ0) is 12.7. The van der Waals surface area contributed by atoms with E-state index in [1.54, 1.807) is 11.9 Å². The molecule has 0 aliphatic carbocycles. The minimum absolute atomic E-state index is 0.00477. The highest BCUT2D eigenvalue weighted by Gasteiger charge is 2.09. The maximum atomic E-state index is 11.6. The Kier molecular flexibility index (Phi) is 5.56. The van der Waals surface area contributed by atoms with Gasteiger partial charge in [0.25, 0.3) is 0 Å². The van der Waals surface area contributed by atoms with Crippen molar-refractivity contribution in [2.24, 2.45) is 0 Å². The Morgan fingerprint density at radius 3 is 2.88 bits per heavy atom. The molecule has 0 radical (unpaired) electrons. The number of carbonyl (C=O) groups excluding carboxylic acids is 2. The number of aromatic nitrogens is 1. The number of nitrogens with one attached hydrogen (secondary N) is 2. The maximum absolute atomic E-state index is 11.6. The first-order valence-corrected chi connectivity index (χ1v) is 5.85. The molecule has 1 aromatic rings. The van der Waals surface area contributed by atoms with Crippen LogP contribution in [0.25, 0.3) is 0 Å². The van der Waals surface area contributed by atoms with Crippen LogP contribution in [0.2, 0.25) is 0 Å². The second-order valence-electron chi connectivity index (χ2n) is 3.69. The van der Waals surface area contributed by atoms with Crippen molar-refractivity contribution in [3.8, 4) is 0 Å². The summed E-state index contributed by atoms with van der Waals surface area (Å²) in [6, 6.07) is 1.97. The standard InChI is InChI=1S/C11H16ClN3O2/c1-15(5-3-9-2-4-13-7-9)11(17)8-14-10(16)6-12/h2,4,7,13H,3,5-6,8H2,1H3,(H,14,16). The molecule has 2 amide bonds. The highest BCUT2D eigenvalue weighted by atomic mass is 35.5. The number of likely N-dealkylation sites (N-methyl/N-ethyl adjacent to an activating group) is 1. The number of aromatic amines is 1. The second kappa shape index (κ2) is 6.96. The first-order chi connectivity index (χ1) is 8.13. The van der Waals surface area contributed by atoms with Gasteiger partial charge < -0.3 is 15.2 Å². The van der Waals surface area contributed by atoms with E-state index in [0.717, 1.165) is 12.0 Å². The molecular formula is C11H16ClN3O2. The molecule has 1 heterocycles. The minimum Gasteiger partial charge on any atom is -0.367 e. The van der Waals surface area contributed by atoms with Crippen molar-refractivity contribution in [2.75, 3.05) is 26.0 Å². The predicted octanol–water partition coefficient (Wildman–Crippen LogP) is 0.371. The summed E-state index contributed by atoms with van der Waals surface area (Å²) in [5.74, 6) is -0.585. The molecule has 0 saturated heterocycles. The number of rotatable bonds is 6. The van der Waals surface area contributed by atoms with Crippen LogP contribution in [0, 0.1) is 0 Å². The van der Waals surface area contributed by atoms with Gasteiger partial charge in [-0.15, -0.1) is 11.6 Å². The monoisotopic (exact) mass is 257 g/mol. The van der Waals surface area contributed by atoms with Gasteiger partial charge in [-0.25, -0.2) is 0 Å².